The van der Waals surface area contributed by atoms with Crippen molar-refractivity contribution in [1.29, 1.82) is 0 Å². The van der Waals surface area contributed by atoms with E-state index in [9.17, 15) is 13.5 Å². The Morgan fingerprint density at radius 2 is 2.00 bits per heavy atom. The molecule has 0 aliphatic rings. The van der Waals surface area contributed by atoms with Crippen molar-refractivity contribution in [3.8, 4) is 0 Å². The molecule has 1 rings (SSSR count). The zero-order valence-electron chi connectivity index (χ0n) is 11.9. The SMILES string of the molecule is CC(C)(C)CC(O)CNS(=O)(=O)c1cc(Cl)ccc1N. The summed E-state index contributed by atoms with van der Waals surface area (Å²) in [7, 11) is -3.78. The van der Waals surface area contributed by atoms with Crippen LogP contribution in [0, 0.1) is 5.41 Å². The number of halogens is 1. The Balaban J connectivity index is 2.78. The summed E-state index contributed by atoms with van der Waals surface area (Å²) in [5, 5.41) is 10.1. The number of rotatable bonds is 5. The van der Waals surface area contributed by atoms with E-state index < -0.39 is 16.1 Å². The molecule has 0 aromatic heterocycles. The van der Waals surface area contributed by atoms with E-state index >= 15 is 0 Å². The van der Waals surface area contributed by atoms with Gasteiger partial charge in [-0.3, -0.25) is 0 Å². The van der Waals surface area contributed by atoms with Crippen molar-refractivity contribution in [1.82, 2.24) is 4.72 Å². The second-order valence-electron chi connectivity index (χ2n) is 5.95. The predicted octanol–water partition coefficient (Wildman–Crippen LogP) is 2.00. The van der Waals surface area contributed by atoms with Gasteiger partial charge in [0.25, 0.3) is 0 Å². The predicted molar refractivity (Wildman–Crippen MR) is 81.1 cm³/mol. The number of aliphatic hydroxyl groups excluding tert-OH is 1. The van der Waals surface area contributed by atoms with E-state index in [0.717, 1.165) is 0 Å². The van der Waals surface area contributed by atoms with Gasteiger partial charge >= 0.3 is 0 Å². The first-order valence-electron chi connectivity index (χ1n) is 6.24. The van der Waals surface area contributed by atoms with Gasteiger partial charge in [0.1, 0.15) is 4.90 Å². The molecule has 0 aliphatic heterocycles. The first-order chi connectivity index (χ1) is 9.01. The van der Waals surface area contributed by atoms with Crippen LogP contribution in [-0.4, -0.2) is 26.2 Å². The first kappa shape index (κ1) is 17.2. The molecule has 1 aromatic rings. The van der Waals surface area contributed by atoms with Crippen molar-refractivity contribution >= 4 is 27.3 Å². The first-order valence-corrected chi connectivity index (χ1v) is 8.10. The van der Waals surface area contributed by atoms with Gasteiger partial charge in [0.15, 0.2) is 0 Å². The van der Waals surface area contributed by atoms with Gasteiger partial charge in [-0.15, -0.1) is 0 Å². The molecular weight excluding hydrogens is 300 g/mol. The Kier molecular flexibility index (Phi) is 5.43. The van der Waals surface area contributed by atoms with Crippen molar-refractivity contribution in [3.63, 3.8) is 0 Å². The van der Waals surface area contributed by atoms with Gasteiger partial charge in [0, 0.05) is 11.6 Å². The topological polar surface area (TPSA) is 92.4 Å². The summed E-state index contributed by atoms with van der Waals surface area (Å²) in [4.78, 5) is -0.0760. The molecule has 20 heavy (non-hydrogen) atoms. The van der Waals surface area contributed by atoms with Crippen LogP contribution < -0.4 is 10.5 Å². The number of hydrogen-bond donors (Lipinski definition) is 3. The molecule has 4 N–H and O–H groups in total. The quantitative estimate of drug-likeness (QED) is 0.723. The van der Waals surface area contributed by atoms with Gasteiger partial charge in [-0.2, -0.15) is 0 Å². The van der Waals surface area contributed by atoms with E-state index in [0.29, 0.717) is 6.42 Å². The minimum Gasteiger partial charge on any atom is -0.398 e. The van der Waals surface area contributed by atoms with E-state index in [1.165, 1.54) is 18.2 Å². The van der Waals surface area contributed by atoms with Crippen LogP contribution in [0.3, 0.4) is 0 Å². The highest BCUT2D eigenvalue weighted by molar-refractivity contribution is 7.89. The summed E-state index contributed by atoms with van der Waals surface area (Å²) in [5.74, 6) is 0. The number of benzene rings is 1. The molecule has 0 saturated heterocycles. The average Bonchev–Trinajstić information content (AvgIpc) is 2.27. The molecule has 0 bridgehead atoms. The third kappa shape index (κ3) is 5.28. The number of anilines is 1. The number of nitrogen functional groups attached to an aromatic ring is 1. The fraction of sp³-hybridized carbons (Fsp3) is 0.538. The summed E-state index contributed by atoms with van der Waals surface area (Å²) in [6, 6.07) is 4.24. The smallest absolute Gasteiger partial charge is 0.242 e. The minimum absolute atomic E-state index is 0.0639. The summed E-state index contributed by atoms with van der Waals surface area (Å²) in [5.41, 5.74) is 5.68. The van der Waals surface area contributed by atoms with Crippen LogP contribution in [0.15, 0.2) is 23.1 Å². The molecule has 0 fully saturated rings. The molecule has 0 spiro atoms. The maximum atomic E-state index is 12.1. The van der Waals surface area contributed by atoms with Crippen molar-refractivity contribution < 1.29 is 13.5 Å². The molecule has 0 saturated carbocycles. The Bertz CT molecular complexity index is 567. The van der Waals surface area contributed by atoms with Gasteiger partial charge in [-0.25, -0.2) is 13.1 Å². The van der Waals surface area contributed by atoms with Crippen LogP contribution in [0.4, 0.5) is 5.69 Å². The van der Waals surface area contributed by atoms with Crippen LogP contribution in [0.2, 0.25) is 5.02 Å². The van der Waals surface area contributed by atoms with Crippen molar-refractivity contribution in [2.75, 3.05) is 12.3 Å². The lowest BCUT2D eigenvalue weighted by atomic mass is 9.89. The van der Waals surface area contributed by atoms with Crippen LogP contribution in [0.5, 0.6) is 0 Å². The van der Waals surface area contributed by atoms with Gasteiger partial charge in [0.2, 0.25) is 10.0 Å². The molecule has 0 heterocycles. The van der Waals surface area contributed by atoms with Gasteiger partial charge in [-0.1, -0.05) is 32.4 Å². The normalized spacial score (nSPS) is 14.2. The highest BCUT2D eigenvalue weighted by Crippen LogP contribution is 2.23. The zero-order valence-corrected chi connectivity index (χ0v) is 13.4. The summed E-state index contributed by atoms with van der Waals surface area (Å²) in [6.07, 6.45) is -0.272. The van der Waals surface area contributed by atoms with E-state index in [2.05, 4.69) is 4.72 Å². The summed E-state index contributed by atoms with van der Waals surface area (Å²) >= 11 is 5.78. The van der Waals surface area contributed by atoms with Crippen LogP contribution in [0.1, 0.15) is 27.2 Å². The molecule has 0 amide bonds. The maximum Gasteiger partial charge on any atom is 0.242 e. The fourth-order valence-corrected chi connectivity index (χ4v) is 3.27. The molecule has 1 unspecified atom stereocenters. The standard InChI is InChI=1S/C13H21ClN2O3S/c1-13(2,3)7-10(17)8-16-20(18,19)12-6-9(14)4-5-11(12)15/h4-6,10,16-17H,7-8,15H2,1-3H3. The second-order valence-corrected chi connectivity index (χ2v) is 8.12. The summed E-state index contributed by atoms with van der Waals surface area (Å²) < 4.78 is 26.6. The number of aliphatic hydroxyl groups is 1. The van der Waals surface area contributed by atoms with Crippen LogP contribution in [0.25, 0.3) is 0 Å². The van der Waals surface area contributed by atoms with Crippen molar-refractivity contribution in [2.24, 2.45) is 5.41 Å². The van der Waals surface area contributed by atoms with E-state index in [-0.39, 0.29) is 27.6 Å². The van der Waals surface area contributed by atoms with Crippen LogP contribution in [-0.2, 0) is 10.0 Å². The lowest BCUT2D eigenvalue weighted by molar-refractivity contribution is 0.125. The third-order valence-corrected chi connectivity index (χ3v) is 4.34. The highest BCUT2D eigenvalue weighted by Gasteiger charge is 2.21. The Morgan fingerprint density at radius 1 is 1.40 bits per heavy atom. The van der Waals surface area contributed by atoms with Crippen molar-refractivity contribution in [3.05, 3.63) is 23.2 Å². The lowest BCUT2D eigenvalue weighted by Gasteiger charge is -2.22. The molecule has 1 atom stereocenters. The zero-order chi connectivity index (χ0) is 15.6. The molecule has 0 aliphatic carbocycles. The third-order valence-electron chi connectivity index (χ3n) is 2.62. The Labute approximate surface area is 125 Å². The van der Waals surface area contributed by atoms with E-state index in [1.54, 1.807) is 0 Å². The number of nitrogens with two attached hydrogens (primary N) is 1. The monoisotopic (exact) mass is 320 g/mol. The largest absolute Gasteiger partial charge is 0.398 e. The minimum atomic E-state index is -3.78. The number of sulfonamides is 1. The number of nitrogens with one attached hydrogen (secondary N) is 1. The van der Waals surface area contributed by atoms with E-state index in [4.69, 9.17) is 17.3 Å². The molecule has 114 valence electrons. The van der Waals surface area contributed by atoms with Crippen LogP contribution >= 0.6 is 11.6 Å². The molecule has 5 nitrogen and oxygen atoms in total. The van der Waals surface area contributed by atoms with E-state index in [1.807, 2.05) is 20.8 Å². The fourth-order valence-electron chi connectivity index (χ4n) is 1.80. The molecule has 7 heteroatoms. The highest BCUT2D eigenvalue weighted by atomic mass is 35.5. The van der Waals surface area contributed by atoms with Gasteiger partial charge < -0.3 is 10.8 Å². The second kappa shape index (κ2) is 6.30. The number of hydrogen-bond acceptors (Lipinski definition) is 4. The Hall–Kier alpha value is -0.820. The lowest BCUT2D eigenvalue weighted by Crippen LogP contribution is -2.34. The molecule has 1 aromatic carbocycles. The maximum absolute atomic E-state index is 12.1. The summed E-state index contributed by atoms with van der Waals surface area (Å²) in [6.45, 7) is 5.85. The van der Waals surface area contributed by atoms with Gasteiger partial charge in [-0.05, 0) is 30.0 Å². The molecule has 0 radical (unpaired) electrons. The average molecular weight is 321 g/mol. The Morgan fingerprint density at radius 3 is 2.55 bits per heavy atom. The van der Waals surface area contributed by atoms with Crippen molar-refractivity contribution in [2.45, 2.75) is 38.2 Å². The molecular formula is C13H21ClN2O3S. The van der Waals surface area contributed by atoms with Gasteiger partial charge in [0.05, 0.1) is 11.8 Å².